The summed E-state index contributed by atoms with van der Waals surface area (Å²) in [6.45, 7) is 0.746. The molecule has 0 aromatic rings. The molecular formula is C7H12N2O3. The van der Waals surface area contributed by atoms with Crippen LogP contribution >= 0.6 is 0 Å². The van der Waals surface area contributed by atoms with E-state index in [-0.39, 0.29) is 0 Å². The predicted molar refractivity (Wildman–Crippen MR) is 42.6 cm³/mol. The van der Waals surface area contributed by atoms with Gasteiger partial charge in [0.2, 0.25) is 0 Å². The fourth-order valence-corrected chi connectivity index (χ4v) is 1.29. The van der Waals surface area contributed by atoms with E-state index in [0.29, 0.717) is 5.70 Å². The average Bonchev–Trinajstić information content (AvgIpc) is 2.04. The molecule has 1 fully saturated rings. The molecule has 0 N–H and O–H groups in total. The van der Waals surface area contributed by atoms with Gasteiger partial charge in [-0.3, -0.25) is 20.0 Å². The molecule has 0 unspecified atom stereocenters. The Labute approximate surface area is 70.7 Å². The normalized spacial score (nSPS) is 21.4. The first-order valence-electron chi connectivity index (χ1n) is 3.90. The van der Waals surface area contributed by atoms with Crippen LogP contribution < -0.4 is 0 Å². The van der Waals surface area contributed by atoms with Crippen molar-refractivity contribution >= 4 is 0 Å². The molecule has 1 heterocycles. The Kier molecular flexibility index (Phi) is 3.04. The molecule has 1 aliphatic heterocycles. The molecule has 5 nitrogen and oxygen atoms in total. The van der Waals surface area contributed by atoms with Crippen molar-refractivity contribution in [1.82, 2.24) is 5.06 Å². The Balaban J connectivity index is 2.64. The summed E-state index contributed by atoms with van der Waals surface area (Å²) in [5.41, 5.74) is 0.661. The van der Waals surface area contributed by atoms with Crippen molar-refractivity contribution in [2.45, 2.75) is 19.3 Å². The minimum absolute atomic E-state index is 0.438. The van der Waals surface area contributed by atoms with Crippen LogP contribution in [0.4, 0.5) is 0 Å². The van der Waals surface area contributed by atoms with Gasteiger partial charge >= 0.3 is 0 Å². The Bertz CT molecular complexity index is 203. The van der Waals surface area contributed by atoms with Crippen molar-refractivity contribution in [2.75, 3.05) is 13.7 Å². The summed E-state index contributed by atoms with van der Waals surface area (Å²) < 4.78 is 0. The number of allylic oxidation sites excluding steroid dienone is 1. The fraction of sp³-hybridized carbons (Fsp3) is 0.714. The number of nitro groups is 1. The second kappa shape index (κ2) is 4.06. The van der Waals surface area contributed by atoms with Gasteiger partial charge < -0.3 is 0 Å². The number of nitrogens with zero attached hydrogens (tertiary/aromatic N) is 2. The lowest BCUT2D eigenvalue weighted by Crippen LogP contribution is -2.27. The summed E-state index contributed by atoms with van der Waals surface area (Å²) >= 11 is 0. The van der Waals surface area contributed by atoms with Gasteiger partial charge in [-0.15, -0.1) is 0 Å². The van der Waals surface area contributed by atoms with Crippen molar-refractivity contribution in [3.05, 3.63) is 22.0 Å². The van der Waals surface area contributed by atoms with Gasteiger partial charge in [0.1, 0.15) is 5.70 Å². The molecule has 0 aromatic heterocycles. The molecular weight excluding hydrogens is 160 g/mol. The molecule has 1 aliphatic rings. The molecule has 0 aliphatic carbocycles. The standard InChI is InChI=1S/C7H12N2O3/c1-12-8-5-3-2-4-7(8)6-9(10)11/h6H,2-5H2,1H3. The molecule has 0 saturated carbocycles. The number of hydrogen-bond donors (Lipinski definition) is 0. The highest BCUT2D eigenvalue weighted by atomic mass is 16.7. The Morgan fingerprint density at radius 2 is 2.42 bits per heavy atom. The molecule has 0 bridgehead atoms. The number of hydrogen-bond acceptors (Lipinski definition) is 4. The highest BCUT2D eigenvalue weighted by Crippen LogP contribution is 2.19. The van der Waals surface area contributed by atoms with Gasteiger partial charge in [0.05, 0.1) is 12.0 Å². The lowest BCUT2D eigenvalue weighted by Gasteiger charge is -2.26. The SMILES string of the molecule is CON1CCCCC1=C[N+](=O)[O-]. The second-order valence-electron chi connectivity index (χ2n) is 2.65. The first-order valence-corrected chi connectivity index (χ1v) is 3.90. The van der Waals surface area contributed by atoms with Gasteiger partial charge in [0, 0.05) is 6.54 Å². The first kappa shape index (κ1) is 8.99. The summed E-state index contributed by atoms with van der Waals surface area (Å²) in [6, 6.07) is 0. The zero-order valence-corrected chi connectivity index (χ0v) is 7.02. The molecule has 0 amide bonds. The van der Waals surface area contributed by atoms with Crippen molar-refractivity contribution in [3.63, 3.8) is 0 Å². The van der Waals surface area contributed by atoms with Crippen molar-refractivity contribution in [3.8, 4) is 0 Å². The number of rotatable bonds is 2. The smallest absolute Gasteiger partial charge is 0.255 e. The number of hydroxylamine groups is 2. The largest absolute Gasteiger partial charge is 0.277 e. The third-order valence-corrected chi connectivity index (χ3v) is 1.84. The third-order valence-electron chi connectivity index (χ3n) is 1.84. The highest BCUT2D eigenvalue weighted by Gasteiger charge is 2.17. The van der Waals surface area contributed by atoms with E-state index in [1.54, 1.807) is 5.06 Å². The lowest BCUT2D eigenvalue weighted by atomic mass is 10.1. The zero-order chi connectivity index (χ0) is 8.97. The van der Waals surface area contributed by atoms with Gasteiger partial charge in [0.15, 0.2) is 0 Å². The summed E-state index contributed by atoms with van der Waals surface area (Å²) in [5.74, 6) is 0. The summed E-state index contributed by atoms with van der Waals surface area (Å²) in [6.07, 6.45) is 3.78. The maximum atomic E-state index is 10.2. The van der Waals surface area contributed by atoms with Crippen LogP contribution in [0, 0.1) is 10.1 Å². The minimum Gasteiger partial charge on any atom is -0.277 e. The summed E-state index contributed by atoms with van der Waals surface area (Å²) in [5, 5.41) is 11.8. The van der Waals surface area contributed by atoms with Crippen molar-refractivity contribution in [2.24, 2.45) is 0 Å². The highest BCUT2D eigenvalue weighted by molar-refractivity contribution is 4.96. The first-order chi connectivity index (χ1) is 5.74. The van der Waals surface area contributed by atoms with E-state index >= 15 is 0 Å². The van der Waals surface area contributed by atoms with Crippen LogP contribution in [0.25, 0.3) is 0 Å². The maximum absolute atomic E-state index is 10.2. The van der Waals surface area contributed by atoms with Crippen LogP contribution in [0.1, 0.15) is 19.3 Å². The minimum atomic E-state index is -0.438. The van der Waals surface area contributed by atoms with E-state index in [1.165, 1.54) is 7.11 Å². The monoisotopic (exact) mass is 172 g/mol. The molecule has 1 rings (SSSR count). The molecule has 0 radical (unpaired) electrons. The van der Waals surface area contributed by atoms with Gasteiger partial charge in [-0.05, 0) is 19.3 Å². The van der Waals surface area contributed by atoms with Crippen LogP contribution in [0.3, 0.4) is 0 Å². The Morgan fingerprint density at radius 1 is 1.67 bits per heavy atom. The third kappa shape index (κ3) is 2.20. The number of piperidine rings is 1. The quantitative estimate of drug-likeness (QED) is 0.463. The van der Waals surface area contributed by atoms with Gasteiger partial charge in [-0.2, -0.15) is 0 Å². The van der Waals surface area contributed by atoms with E-state index in [0.717, 1.165) is 32.0 Å². The molecule has 68 valence electrons. The van der Waals surface area contributed by atoms with Gasteiger partial charge in [-0.1, -0.05) is 0 Å². The zero-order valence-electron chi connectivity index (χ0n) is 7.02. The van der Waals surface area contributed by atoms with Gasteiger partial charge in [0.25, 0.3) is 6.20 Å². The van der Waals surface area contributed by atoms with E-state index in [9.17, 15) is 10.1 Å². The van der Waals surface area contributed by atoms with Crippen molar-refractivity contribution in [1.29, 1.82) is 0 Å². The Hall–Kier alpha value is -1.10. The van der Waals surface area contributed by atoms with Crippen LogP contribution in [0.15, 0.2) is 11.9 Å². The predicted octanol–water partition coefficient (Wildman–Crippen LogP) is 1.15. The molecule has 5 heteroatoms. The van der Waals surface area contributed by atoms with E-state index in [1.807, 2.05) is 0 Å². The average molecular weight is 172 g/mol. The summed E-state index contributed by atoms with van der Waals surface area (Å²) in [7, 11) is 1.53. The fourth-order valence-electron chi connectivity index (χ4n) is 1.29. The summed E-state index contributed by atoms with van der Waals surface area (Å²) in [4.78, 5) is 14.7. The van der Waals surface area contributed by atoms with Crippen molar-refractivity contribution < 1.29 is 9.76 Å². The van der Waals surface area contributed by atoms with E-state index in [4.69, 9.17) is 4.84 Å². The van der Waals surface area contributed by atoms with Crippen LogP contribution in [0.2, 0.25) is 0 Å². The van der Waals surface area contributed by atoms with Crippen LogP contribution in [0.5, 0.6) is 0 Å². The Morgan fingerprint density at radius 3 is 3.00 bits per heavy atom. The maximum Gasteiger partial charge on any atom is 0.255 e. The molecule has 0 aromatic carbocycles. The molecule has 12 heavy (non-hydrogen) atoms. The molecule has 0 spiro atoms. The molecule has 1 saturated heterocycles. The second-order valence-corrected chi connectivity index (χ2v) is 2.65. The van der Waals surface area contributed by atoms with E-state index in [2.05, 4.69) is 0 Å². The topological polar surface area (TPSA) is 55.6 Å². The van der Waals surface area contributed by atoms with Crippen LogP contribution in [-0.2, 0) is 4.84 Å². The van der Waals surface area contributed by atoms with Crippen LogP contribution in [-0.4, -0.2) is 23.6 Å². The molecule has 0 atom stereocenters. The van der Waals surface area contributed by atoms with E-state index < -0.39 is 4.92 Å². The lowest BCUT2D eigenvalue weighted by molar-refractivity contribution is -0.406. The van der Waals surface area contributed by atoms with Gasteiger partial charge in [-0.25, -0.2) is 0 Å².